The molecule has 1 heterocycles. The van der Waals surface area contributed by atoms with Gasteiger partial charge in [-0.2, -0.15) is 0 Å². The van der Waals surface area contributed by atoms with E-state index >= 15 is 0 Å². The standard InChI is InChI=1S/C38H47N3O11/c1-38(2,3)51-37(45)52-41-20-8-9-33(31(22-41)39-35(43)26-14-17-29(18-15-26)48-23-46-6)50-36(44)27-12-10-25(11-13-27)34(42)30-21-28(40(4)5)16-19-32(30)49-24-47-7/h10-19,21,31,33H,8-9,20,22-24H2,1-7H3,(H,39,43)/t31-,33-/m1/s1. The molecule has 1 amide bonds. The predicted octanol–water partition coefficient (Wildman–Crippen LogP) is 5.24. The van der Waals surface area contributed by atoms with E-state index in [0.29, 0.717) is 47.6 Å². The van der Waals surface area contributed by atoms with E-state index in [1.165, 1.54) is 31.4 Å². The van der Waals surface area contributed by atoms with Gasteiger partial charge in [-0.05, 0) is 88.2 Å². The minimum absolute atomic E-state index is 0.0187. The van der Waals surface area contributed by atoms with Crippen LogP contribution in [0.5, 0.6) is 11.5 Å². The summed E-state index contributed by atoms with van der Waals surface area (Å²) in [5, 5.41) is 4.34. The lowest BCUT2D eigenvalue weighted by Gasteiger charge is -2.29. The number of carbonyl (C=O) groups excluding carboxylic acids is 4. The molecule has 14 nitrogen and oxygen atoms in total. The quantitative estimate of drug-likeness (QED) is 0.131. The number of methoxy groups -OCH3 is 2. The predicted molar refractivity (Wildman–Crippen MR) is 191 cm³/mol. The monoisotopic (exact) mass is 721 g/mol. The maximum atomic E-state index is 13.6. The summed E-state index contributed by atoms with van der Waals surface area (Å²) in [6.07, 6.45) is -0.841. The van der Waals surface area contributed by atoms with Gasteiger partial charge in [-0.15, -0.1) is 5.06 Å². The molecule has 0 bridgehead atoms. The van der Waals surface area contributed by atoms with Gasteiger partial charge in [-0.1, -0.05) is 12.1 Å². The molecule has 0 unspecified atom stereocenters. The third kappa shape index (κ3) is 11.4. The van der Waals surface area contributed by atoms with E-state index in [1.54, 1.807) is 69.3 Å². The Morgan fingerprint density at radius 1 is 0.846 bits per heavy atom. The molecule has 0 aromatic heterocycles. The Bertz CT molecular complexity index is 1670. The van der Waals surface area contributed by atoms with Crippen LogP contribution in [0.2, 0.25) is 0 Å². The maximum absolute atomic E-state index is 13.6. The van der Waals surface area contributed by atoms with Crippen molar-refractivity contribution in [1.29, 1.82) is 0 Å². The van der Waals surface area contributed by atoms with E-state index in [1.807, 2.05) is 25.1 Å². The van der Waals surface area contributed by atoms with E-state index < -0.39 is 35.8 Å². The van der Waals surface area contributed by atoms with E-state index in [4.69, 9.17) is 33.3 Å². The van der Waals surface area contributed by atoms with Crippen molar-refractivity contribution in [3.8, 4) is 11.5 Å². The molecule has 1 N–H and O–H groups in total. The van der Waals surface area contributed by atoms with Crippen LogP contribution in [0.3, 0.4) is 0 Å². The van der Waals surface area contributed by atoms with Crippen LogP contribution in [0.4, 0.5) is 10.5 Å². The zero-order chi connectivity index (χ0) is 37.8. The number of benzene rings is 3. The number of hydroxylamine groups is 2. The summed E-state index contributed by atoms with van der Waals surface area (Å²) < 4.78 is 32.3. The minimum atomic E-state index is -0.889. The summed E-state index contributed by atoms with van der Waals surface area (Å²) in [6.45, 7) is 5.53. The molecule has 0 radical (unpaired) electrons. The lowest BCUT2D eigenvalue weighted by Crippen LogP contribution is -2.50. The van der Waals surface area contributed by atoms with Crippen molar-refractivity contribution in [2.45, 2.75) is 51.4 Å². The highest BCUT2D eigenvalue weighted by Gasteiger charge is 2.34. The van der Waals surface area contributed by atoms with Crippen molar-refractivity contribution in [2.24, 2.45) is 0 Å². The number of nitrogens with zero attached hydrogens (tertiary/aromatic N) is 2. The molecule has 0 spiro atoms. The zero-order valence-corrected chi connectivity index (χ0v) is 30.6. The first-order valence-corrected chi connectivity index (χ1v) is 16.8. The van der Waals surface area contributed by atoms with Gasteiger partial charge in [-0.3, -0.25) is 9.59 Å². The first-order valence-electron chi connectivity index (χ1n) is 16.8. The van der Waals surface area contributed by atoms with Gasteiger partial charge in [0.25, 0.3) is 5.91 Å². The molecular formula is C38H47N3O11. The van der Waals surface area contributed by atoms with Crippen LogP contribution in [0.15, 0.2) is 66.7 Å². The summed E-state index contributed by atoms with van der Waals surface area (Å²) in [6, 6.07) is 17.1. The highest BCUT2D eigenvalue weighted by Crippen LogP contribution is 2.28. The van der Waals surface area contributed by atoms with Gasteiger partial charge in [0.05, 0.1) is 23.7 Å². The lowest BCUT2D eigenvalue weighted by atomic mass is 10.0. The van der Waals surface area contributed by atoms with Gasteiger partial charge < -0.3 is 43.5 Å². The number of ketones is 1. The second-order valence-electron chi connectivity index (χ2n) is 13.2. The molecule has 52 heavy (non-hydrogen) atoms. The zero-order valence-electron chi connectivity index (χ0n) is 30.6. The molecule has 3 aromatic carbocycles. The van der Waals surface area contributed by atoms with Crippen LogP contribution in [0, 0.1) is 0 Å². The molecule has 1 aliphatic rings. The SMILES string of the molecule is COCOc1ccc(C(=O)N[C@@H]2CN(OC(=O)OC(C)(C)C)CCC[C@H]2OC(=O)c2ccc(C(=O)c3cc(N(C)C)ccc3OCOC)cc2)cc1. The average molecular weight is 722 g/mol. The Morgan fingerprint density at radius 3 is 2.12 bits per heavy atom. The Balaban J connectivity index is 1.52. The van der Waals surface area contributed by atoms with Crippen molar-refractivity contribution in [3.63, 3.8) is 0 Å². The number of hydrogen-bond donors (Lipinski definition) is 1. The van der Waals surface area contributed by atoms with Crippen molar-refractivity contribution in [1.82, 2.24) is 10.4 Å². The van der Waals surface area contributed by atoms with Gasteiger partial charge in [0.2, 0.25) is 0 Å². The van der Waals surface area contributed by atoms with Crippen molar-refractivity contribution >= 4 is 29.5 Å². The fourth-order valence-electron chi connectivity index (χ4n) is 5.26. The number of ether oxygens (including phenoxy) is 6. The molecule has 280 valence electrons. The highest BCUT2D eigenvalue weighted by atomic mass is 16.8. The molecule has 3 aromatic rings. The summed E-state index contributed by atoms with van der Waals surface area (Å²) in [7, 11) is 6.73. The van der Waals surface area contributed by atoms with Crippen LogP contribution in [-0.2, 0) is 23.8 Å². The van der Waals surface area contributed by atoms with Crippen molar-refractivity contribution in [3.05, 3.63) is 89.0 Å². The molecule has 0 aliphatic carbocycles. The van der Waals surface area contributed by atoms with Crippen LogP contribution >= 0.6 is 0 Å². The molecule has 14 heteroatoms. The van der Waals surface area contributed by atoms with E-state index in [2.05, 4.69) is 5.32 Å². The maximum Gasteiger partial charge on any atom is 0.528 e. The number of rotatable bonds is 14. The number of carbonyl (C=O) groups is 4. The van der Waals surface area contributed by atoms with Crippen LogP contribution in [0.1, 0.15) is 70.3 Å². The van der Waals surface area contributed by atoms with Crippen LogP contribution in [-0.4, -0.2) is 102 Å². The lowest BCUT2D eigenvalue weighted by molar-refractivity contribution is -0.144. The molecule has 0 saturated carbocycles. The van der Waals surface area contributed by atoms with Crippen LogP contribution in [0.25, 0.3) is 0 Å². The fourth-order valence-corrected chi connectivity index (χ4v) is 5.26. The fraction of sp³-hybridized carbons (Fsp3) is 0.421. The summed E-state index contributed by atoms with van der Waals surface area (Å²) in [4.78, 5) is 60.4. The van der Waals surface area contributed by atoms with E-state index in [0.717, 1.165) is 5.69 Å². The van der Waals surface area contributed by atoms with Gasteiger partial charge >= 0.3 is 12.1 Å². The number of amides is 1. The van der Waals surface area contributed by atoms with E-state index in [-0.39, 0.29) is 31.5 Å². The molecular weight excluding hydrogens is 674 g/mol. The largest absolute Gasteiger partial charge is 0.528 e. The topological polar surface area (TPSA) is 151 Å². The molecule has 1 fully saturated rings. The third-order valence-corrected chi connectivity index (χ3v) is 7.81. The van der Waals surface area contributed by atoms with Crippen LogP contribution < -0.4 is 19.7 Å². The number of nitrogens with one attached hydrogen (secondary N) is 1. The molecule has 2 atom stereocenters. The van der Waals surface area contributed by atoms with Gasteiger partial charge in [-0.25, -0.2) is 9.59 Å². The van der Waals surface area contributed by atoms with Crippen molar-refractivity contribution in [2.75, 3.05) is 59.9 Å². The van der Waals surface area contributed by atoms with Gasteiger partial charge in [0, 0.05) is 51.7 Å². The Morgan fingerprint density at radius 2 is 1.48 bits per heavy atom. The number of esters is 1. The second-order valence-corrected chi connectivity index (χ2v) is 13.2. The van der Waals surface area contributed by atoms with Gasteiger partial charge in [0.15, 0.2) is 19.4 Å². The number of hydrogen-bond acceptors (Lipinski definition) is 13. The molecule has 1 aliphatic heterocycles. The first kappa shape index (κ1) is 39.6. The summed E-state index contributed by atoms with van der Waals surface area (Å²) in [5.41, 5.74) is 1.25. The first-order chi connectivity index (χ1) is 24.8. The highest BCUT2D eigenvalue weighted by molar-refractivity contribution is 6.11. The van der Waals surface area contributed by atoms with Crippen molar-refractivity contribution < 1.29 is 52.4 Å². The Hall–Kier alpha value is -5.18. The van der Waals surface area contributed by atoms with E-state index in [9.17, 15) is 19.2 Å². The Labute approximate surface area is 303 Å². The molecule has 1 saturated heterocycles. The normalized spacial score (nSPS) is 16.2. The Kier molecular flexibility index (Phi) is 14.0. The smallest absolute Gasteiger partial charge is 0.468 e. The summed E-state index contributed by atoms with van der Waals surface area (Å²) >= 11 is 0. The third-order valence-electron chi connectivity index (χ3n) is 7.81. The summed E-state index contributed by atoms with van der Waals surface area (Å²) in [5.74, 6) is -0.500. The average Bonchev–Trinajstić information content (AvgIpc) is 3.29. The second kappa shape index (κ2) is 18.4. The number of anilines is 1. The molecule has 4 rings (SSSR count). The van der Waals surface area contributed by atoms with Gasteiger partial charge in [0.1, 0.15) is 23.2 Å². The minimum Gasteiger partial charge on any atom is -0.468 e.